The van der Waals surface area contributed by atoms with Crippen molar-refractivity contribution in [3.05, 3.63) is 23.8 Å². The maximum absolute atomic E-state index is 9.62. The van der Waals surface area contributed by atoms with Gasteiger partial charge in [0, 0.05) is 0 Å². The molecule has 104 valence electrons. The molecule has 2 aromatic rings. The van der Waals surface area contributed by atoms with Crippen LogP contribution in [0.25, 0.3) is 0 Å². The van der Waals surface area contributed by atoms with Gasteiger partial charge in [0.15, 0.2) is 11.5 Å². The van der Waals surface area contributed by atoms with Crippen LogP contribution in [0, 0.1) is 6.92 Å². The fourth-order valence-electron chi connectivity index (χ4n) is 1.54. The second kappa shape index (κ2) is 5.39. The van der Waals surface area contributed by atoms with Crippen LogP contribution in [0.2, 0.25) is 0 Å². The Morgan fingerprint density at radius 2 is 1.95 bits per heavy atom. The van der Waals surface area contributed by atoms with E-state index in [0.29, 0.717) is 5.69 Å². The smallest absolute Gasteiger partial charge is 0.246 e. The van der Waals surface area contributed by atoms with Crippen LogP contribution >= 0.6 is 0 Å². The Balaban J connectivity index is 2.35. The van der Waals surface area contributed by atoms with E-state index in [4.69, 9.17) is 16.2 Å². The molecule has 1 heterocycles. The van der Waals surface area contributed by atoms with E-state index in [9.17, 15) is 5.11 Å². The minimum Gasteiger partial charge on any atom is -0.497 e. The zero-order valence-corrected chi connectivity index (χ0v) is 11.0. The second-order valence-electron chi connectivity index (χ2n) is 3.99. The van der Waals surface area contributed by atoms with Crippen LogP contribution in [0.4, 0.5) is 23.1 Å². The number of azo groups is 1. The van der Waals surface area contributed by atoms with Gasteiger partial charge in [-0.25, -0.2) is 0 Å². The number of ether oxygens (including phenoxy) is 1. The van der Waals surface area contributed by atoms with Crippen LogP contribution in [0.15, 0.2) is 28.4 Å². The molecule has 0 unspecified atom stereocenters. The molecule has 8 nitrogen and oxygen atoms in total. The summed E-state index contributed by atoms with van der Waals surface area (Å²) in [5, 5.41) is 17.5. The third-order valence-electron chi connectivity index (χ3n) is 2.57. The predicted octanol–water partition coefficient (Wildman–Crippen LogP) is 2.08. The Kier molecular flexibility index (Phi) is 3.65. The molecule has 0 aliphatic heterocycles. The van der Waals surface area contributed by atoms with Gasteiger partial charge in [0.05, 0.1) is 12.8 Å². The van der Waals surface area contributed by atoms with E-state index in [2.05, 4.69) is 20.2 Å². The number of nitrogen functional groups attached to an aromatic ring is 2. The molecule has 0 fully saturated rings. The number of hydrogen-bond donors (Lipinski definition) is 3. The summed E-state index contributed by atoms with van der Waals surface area (Å²) < 4.78 is 5.10. The first-order chi connectivity index (χ1) is 9.51. The third-order valence-corrected chi connectivity index (χ3v) is 2.57. The molecule has 5 N–H and O–H groups in total. The second-order valence-corrected chi connectivity index (χ2v) is 3.99. The van der Waals surface area contributed by atoms with Gasteiger partial charge >= 0.3 is 0 Å². The van der Waals surface area contributed by atoms with Crippen molar-refractivity contribution in [3.8, 4) is 11.6 Å². The van der Waals surface area contributed by atoms with E-state index in [-0.39, 0.29) is 17.5 Å². The maximum atomic E-state index is 9.62. The van der Waals surface area contributed by atoms with Gasteiger partial charge in [-0.3, -0.25) is 0 Å². The van der Waals surface area contributed by atoms with Crippen LogP contribution in [-0.4, -0.2) is 22.2 Å². The van der Waals surface area contributed by atoms with Crippen LogP contribution in [0.1, 0.15) is 5.56 Å². The number of aromatic nitrogens is 2. The van der Waals surface area contributed by atoms with Crippen molar-refractivity contribution in [2.45, 2.75) is 6.92 Å². The number of methoxy groups -OCH3 is 1. The molecule has 0 aliphatic rings. The highest BCUT2D eigenvalue weighted by Gasteiger charge is 2.10. The van der Waals surface area contributed by atoms with Crippen molar-refractivity contribution in [2.75, 3.05) is 18.6 Å². The molecule has 0 bridgehead atoms. The summed E-state index contributed by atoms with van der Waals surface area (Å²) >= 11 is 0. The molecule has 0 spiro atoms. The Bertz CT molecular complexity index is 648. The van der Waals surface area contributed by atoms with Crippen LogP contribution in [0.5, 0.6) is 11.6 Å². The highest BCUT2D eigenvalue weighted by Crippen LogP contribution is 2.32. The highest BCUT2D eigenvalue weighted by atomic mass is 16.5. The molecule has 0 saturated carbocycles. The molecule has 0 radical (unpaired) electrons. The average Bonchev–Trinajstić information content (AvgIpc) is 2.39. The van der Waals surface area contributed by atoms with E-state index in [1.54, 1.807) is 19.2 Å². The number of nitrogens with two attached hydrogens (primary N) is 2. The Hall–Kier alpha value is -2.90. The molecule has 0 amide bonds. The fraction of sp³-hybridized carbons (Fsp3) is 0.167. The SMILES string of the molecule is COc1ccc(/N=N/c2c(N)nc(N)nc2O)c(C)c1. The lowest BCUT2D eigenvalue weighted by Crippen LogP contribution is -1.99. The lowest BCUT2D eigenvalue weighted by molar-refractivity contribution is 0.414. The van der Waals surface area contributed by atoms with Gasteiger partial charge in [-0.1, -0.05) is 0 Å². The number of nitrogens with zero attached hydrogens (tertiary/aromatic N) is 4. The topological polar surface area (TPSA) is 132 Å². The summed E-state index contributed by atoms with van der Waals surface area (Å²) in [5.41, 5.74) is 12.4. The first-order valence-electron chi connectivity index (χ1n) is 5.69. The van der Waals surface area contributed by atoms with Crippen molar-refractivity contribution in [1.82, 2.24) is 9.97 Å². The molecule has 8 heteroatoms. The quantitative estimate of drug-likeness (QED) is 0.734. The Labute approximate surface area is 115 Å². The van der Waals surface area contributed by atoms with E-state index >= 15 is 0 Å². The number of anilines is 2. The molecule has 0 atom stereocenters. The van der Waals surface area contributed by atoms with Crippen LogP contribution in [0.3, 0.4) is 0 Å². The van der Waals surface area contributed by atoms with Gasteiger partial charge in [-0.15, -0.1) is 10.2 Å². The zero-order chi connectivity index (χ0) is 14.7. The summed E-state index contributed by atoms with van der Waals surface area (Å²) in [6.45, 7) is 1.86. The molecule has 1 aromatic carbocycles. The van der Waals surface area contributed by atoms with Gasteiger partial charge in [0.2, 0.25) is 11.8 Å². The predicted molar refractivity (Wildman–Crippen MR) is 74.4 cm³/mol. The largest absolute Gasteiger partial charge is 0.497 e. The maximum Gasteiger partial charge on any atom is 0.246 e. The number of hydrogen-bond acceptors (Lipinski definition) is 8. The summed E-state index contributed by atoms with van der Waals surface area (Å²) in [6.07, 6.45) is 0. The van der Waals surface area contributed by atoms with Gasteiger partial charge in [-0.2, -0.15) is 9.97 Å². The van der Waals surface area contributed by atoms with Crippen molar-refractivity contribution in [1.29, 1.82) is 0 Å². The van der Waals surface area contributed by atoms with Crippen molar-refractivity contribution >= 4 is 23.1 Å². The summed E-state index contributed by atoms with van der Waals surface area (Å²) in [6, 6.07) is 5.31. The molecule has 0 aliphatic carbocycles. The average molecular weight is 274 g/mol. The summed E-state index contributed by atoms with van der Waals surface area (Å²) in [7, 11) is 1.58. The van der Waals surface area contributed by atoms with Crippen molar-refractivity contribution < 1.29 is 9.84 Å². The van der Waals surface area contributed by atoms with E-state index in [0.717, 1.165) is 11.3 Å². The molecule has 2 rings (SSSR count). The van der Waals surface area contributed by atoms with Crippen molar-refractivity contribution in [2.24, 2.45) is 10.2 Å². The fourth-order valence-corrected chi connectivity index (χ4v) is 1.54. The van der Waals surface area contributed by atoms with Crippen LogP contribution in [-0.2, 0) is 0 Å². The van der Waals surface area contributed by atoms with E-state index in [1.165, 1.54) is 0 Å². The minimum absolute atomic E-state index is 0.0191. The Morgan fingerprint density at radius 1 is 1.20 bits per heavy atom. The lowest BCUT2D eigenvalue weighted by Gasteiger charge is -2.04. The Morgan fingerprint density at radius 3 is 2.55 bits per heavy atom. The monoisotopic (exact) mass is 274 g/mol. The number of aryl methyl sites for hydroxylation is 1. The molecule has 1 aromatic heterocycles. The molecular formula is C12H14N6O2. The summed E-state index contributed by atoms with van der Waals surface area (Å²) in [4.78, 5) is 7.27. The lowest BCUT2D eigenvalue weighted by atomic mass is 10.2. The minimum atomic E-state index is -0.412. The number of benzene rings is 1. The molecular weight excluding hydrogens is 260 g/mol. The van der Waals surface area contributed by atoms with Gasteiger partial charge in [0.1, 0.15) is 5.75 Å². The zero-order valence-electron chi connectivity index (χ0n) is 11.0. The first-order valence-corrected chi connectivity index (χ1v) is 5.69. The van der Waals surface area contributed by atoms with Gasteiger partial charge in [-0.05, 0) is 30.7 Å². The molecule has 20 heavy (non-hydrogen) atoms. The number of aromatic hydroxyl groups is 1. The van der Waals surface area contributed by atoms with E-state index in [1.807, 2.05) is 13.0 Å². The van der Waals surface area contributed by atoms with E-state index < -0.39 is 5.88 Å². The number of rotatable bonds is 3. The van der Waals surface area contributed by atoms with Gasteiger partial charge < -0.3 is 21.3 Å². The van der Waals surface area contributed by atoms with Gasteiger partial charge in [0.25, 0.3) is 0 Å². The van der Waals surface area contributed by atoms with Crippen molar-refractivity contribution in [3.63, 3.8) is 0 Å². The first kappa shape index (κ1) is 13.5. The highest BCUT2D eigenvalue weighted by molar-refractivity contribution is 5.64. The third kappa shape index (κ3) is 2.74. The normalized spacial score (nSPS) is 10.9. The van der Waals surface area contributed by atoms with Crippen LogP contribution < -0.4 is 16.2 Å². The molecule has 0 saturated heterocycles. The standard InChI is InChI=1S/C12H14N6O2/c1-6-5-7(20-2)3-4-8(6)17-18-9-10(13)15-12(14)16-11(9)19/h3-5H,1-2H3,(H5,13,14,15,16,19)/b18-17+. The summed E-state index contributed by atoms with van der Waals surface area (Å²) in [5.74, 6) is 0.147.